The van der Waals surface area contributed by atoms with Crippen molar-refractivity contribution in [3.63, 3.8) is 0 Å². The summed E-state index contributed by atoms with van der Waals surface area (Å²) in [5.74, 6) is 0.988. The fraction of sp³-hybridized carbons (Fsp3) is 0.250. The minimum Gasteiger partial charge on any atom is -0.439 e. The van der Waals surface area contributed by atoms with Crippen LogP contribution in [0.15, 0.2) is 36.1 Å². The van der Waals surface area contributed by atoms with Crippen LogP contribution < -0.4 is 5.22 Å². The maximum atomic E-state index is 6.36. The Morgan fingerprint density at radius 2 is 2.12 bits per heavy atom. The molecule has 3 rings (SSSR count). The van der Waals surface area contributed by atoms with E-state index in [1.54, 1.807) is 0 Å². The monoisotopic (exact) mass is 272 g/mol. The second-order valence-corrected chi connectivity index (χ2v) is 5.10. The van der Waals surface area contributed by atoms with Crippen molar-refractivity contribution in [2.45, 2.75) is 18.2 Å². The molecule has 4 heteroatoms. The predicted molar refractivity (Wildman–Crippen MR) is 70.5 cm³/mol. The summed E-state index contributed by atoms with van der Waals surface area (Å²) in [5, 5.41) is 1.36. The molecule has 1 aromatic rings. The molecule has 0 saturated heterocycles. The number of benzene rings is 1. The Bertz CT molecular complexity index is 550. The predicted octanol–water partition coefficient (Wildman–Crippen LogP) is 3.69. The first kappa shape index (κ1) is 12.0. The average molecular weight is 273 g/mol. The zero-order chi connectivity index (χ0) is 10.3. The largest absolute Gasteiger partial charge is 0.439 e. The average Bonchev–Trinajstić information content (AvgIpc) is 2.29. The molecule has 0 aromatic heterocycles. The fourth-order valence-electron chi connectivity index (χ4n) is 2.04. The van der Waals surface area contributed by atoms with Gasteiger partial charge in [-0.15, -0.1) is 24.0 Å². The Morgan fingerprint density at radius 1 is 1.31 bits per heavy atom. The van der Waals surface area contributed by atoms with Crippen molar-refractivity contribution >= 4 is 38.0 Å². The summed E-state index contributed by atoms with van der Waals surface area (Å²) in [6.45, 7) is 0. The van der Waals surface area contributed by atoms with Gasteiger partial charge < -0.3 is 4.52 Å². The lowest BCUT2D eigenvalue weighted by Gasteiger charge is -2.22. The first-order chi connectivity index (χ1) is 7.36. The molecule has 1 nitrogen and oxygen atoms in total. The molecular formula is C12H11Cl2OP. The quantitative estimate of drug-likeness (QED) is 0.517. The second kappa shape index (κ2) is 4.79. The Labute approximate surface area is 107 Å². The molecule has 0 spiro atoms. The fourth-order valence-corrected chi connectivity index (χ4v) is 3.20. The number of halogens is 2. The molecule has 0 saturated carbocycles. The second-order valence-electron chi connectivity index (χ2n) is 3.73. The molecule has 0 N–H and O–H groups in total. The lowest BCUT2D eigenvalue weighted by molar-refractivity contribution is 0.500. The van der Waals surface area contributed by atoms with Crippen LogP contribution in [0.1, 0.15) is 12.8 Å². The third-order valence-corrected chi connectivity index (χ3v) is 4.08. The smallest absolute Gasteiger partial charge is 0.133 e. The Morgan fingerprint density at radius 3 is 3.00 bits per heavy atom. The van der Waals surface area contributed by atoms with Crippen LogP contribution in [0, 0.1) is 4.94 Å². The van der Waals surface area contributed by atoms with Crippen LogP contribution in [-0.4, -0.2) is 5.38 Å². The van der Waals surface area contributed by atoms with Crippen LogP contribution in [-0.2, 0) is 4.52 Å². The molecule has 0 amide bonds. The highest BCUT2D eigenvalue weighted by Crippen LogP contribution is 2.34. The van der Waals surface area contributed by atoms with E-state index in [1.807, 2.05) is 6.07 Å². The van der Waals surface area contributed by atoms with E-state index in [1.165, 1.54) is 15.7 Å². The van der Waals surface area contributed by atoms with Crippen LogP contribution in [0.3, 0.4) is 0 Å². The van der Waals surface area contributed by atoms with E-state index >= 15 is 0 Å². The maximum absolute atomic E-state index is 6.36. The molecule has 1 unspecified atom stereocenters. The molecule has 2 aliphatic rings. The van der Waals surface area contributed by atoms with Gasteiger partial charge in [0.15, 0.2) is 0 Å². The molecule has 1 atom stereocenters. The summed E-state index contributed by atoms with van der Waals surface area (Å²) >= 11 is 6.36. The summed E-state index contributed by atoms with van der Waals surface area (Å²) < 4.78 is 5.69. The van der Waals surface area contributed by atoms with Crippen molar-refractivity contribution in [3.8, 4) is 0 Å². The van der Waals surface area contributed by atoms with E-state index in [2.05, 4.69) is 24.3 Å². The zero-order valence-corrected chi connectivity index (χ0v) is 11.0. The van der Waals surface area contributed by atoms with E-state index in [9.17, 15) is 0 Å². The topological polar surface area (TPSA) is 9.23 Å². The van der Waals surface area contributed by atoms with Gasteiger partial charge in [-0.2, -0.15) is 0 Å². The molecule has 1 aliphatic carbocycles. The van der Waals surface area contributed by atoms with Crippen LogP contribution in [0.25, 0.3) is 5.57 Å². The van der Waals surface area contributed by atoms with Gasteiger partial charge in [0.2, 0.25) is 0 Å². The van der Waals surface area contributed by atoms with E-state index < -0.39 is 0 Å². The van der Waals surface area contributed by atoms with Gasteiger partial charge in [0, 0.05) is 10.5 Å². The Hall–Kier alpha value is -0.490. The Kier molecular flexibility index (Phi) is 3.59. The van der Waals surface area contributed by atoms with Gasteiger partial charge in [0.05, 0.1) is 5.38 Å². The van der Waals surface area contributed by atoms with Gasteiger partial charge in [-0.3, -0.25) is 0 Å². The lowest BCUT2D eigenvalue weighted by atomic mass is 9.97. The van der Waals surface area contributed by atoms with Crippen molar-refractivity contribution in [3.05, 3.63) is 46.3 Å². The van der Waals surface area contributed by atoms with E-state index in [0.29, 0.717) is 0 Å². The molecule has 1 aromatic carbocycles. The number of hydrogen-bond acceptors (Lipinski definition) is 1. The molecular weight excluding hydrogens is 262 g/mol. The van der Waals surface area contributed by atoms with Gasteiger partial charge in [-0.25, -0.2) is 0 Å². The maximum Gasteiger partial charge on any atom is 0.133 e. The van der Waals surface area contributed by atoms with Crippen LogP contribution in [0.4, 0.5) is 0 Å². The first-order valence-corrected chi connectivity index (χ1v) is 6.30. The third-order valence-electron chi connectivity index (χ3n) is 2.77. The van der Waals surface area contributed by atoms with Gasteiger partial charge >= 0.3 is 0 Å². The molecule has 1 aliphatic heterocycles. The summed E-state index contributed by atoms with van der Waals surface area (Å²) in [5.41, 5.74) is 1.18. The molecule has 0 bridgehead atoms. The highest BCUT2D eigenvalue weighted by Gasteiger charge is 2.23. The van der Waals surface area contributed by atoms with E-state index in [-0.39, 0.29) is 17.8 Å². The minimum absolute atomic E-state index is 0. The lowest BCUT2D eigenvalue weighted by Crippen LogP contribution is -2.21. The number of rotatable bonds is 0. The van der Waals surface area contributed by atoms with E-state index in [0.717, 1.165) is 27.0 Å². The summed E-state index contributed by atoms with van der Waals surface area (Å²) in [7, 11) is 0.927. The van der Waals surface area contributed by atoms with Crippen molar-refractivity contribution in [2.24, 2.45) is 0 Å². The highest BCUT2D eigenvalue weighted by atomic mass is 35.5. The normalized spacial score (nSPS) is 22.7. The van der Waals surface area contributed by atoms with Gasteiger partial charge in [-0.1, -0.05) is 18.2 Å². The number of alkyl halides is 1. The van der Waals surface area contributed by atoms with Gasteiger partial charge in [0.1, 0.15) is 14.2 Å². The number of fused-ring (bicyclic) bond motifs is 2. The van der Waals surface area contributed by atoms with E-state index in [4.69, 9.17) is 16.1 Å². The molecule has 0 fully saturated rings. The summed E-state index contributed by atoms with van der Waals surface area (Å²) in [4.78, 5) is 1.22. The van der Waals surface area contributed by atoms with Gasteiger partial charge in [0.25, 0.3) is 0 Å². The molecule has 0 radical (unpaired) electrons. The summed E-state index contributed by atoms with van der Waals surface area (Å²) in [6.07, 6.45) is 4.18. The molecule has 16 heavy (non-hydrogen) atoms. The number of hydrogen-bond donors (Lipinski definition) is 0. The van der Waals surface area contributed by atoms with Crippen molar-refractivity contribution in [1.82, 2.24) is 0 Å². The highest BCUT2D eigenvalue weighted by molar-refractivity contribution is 7.23. The van der Waals surface area contributed by atoms with Gasteiger partial charge in [-0.05, 0) is 30.2 Å². The number of allylic oxidation sites excluding steroid dienone is 2. The van der Waals surface area contributed by atoms with Crippen molar-refractivity contribution in [2.75, 3.05) is 0 Å². The first-order valence-electron chi connectivity index (χ1n) is 5.05. The standard InChI is InChI=1S/C12H10ClOP.ClH/c13-9-5-3-6-10-12(9)8-4-1-2-7-11(8)15-14-10;/h1-2,4,6-7,9H,3,5H2;1H. The van der Waals surface area contributed by atoms with Crippen LogP contribution in [0.2, 0.25) is 0 Å². The van der Waals surface area contributed by atoms with Crippen molar-refractivity contribution in [1.29, 1.82) is 0 Å². The van der Waals surface area contributed by atoms with Crippen LogP contribution in [0.5, 0.6) is 0 Å². The molecule has 84 valence electrons. The molecule has 1 heterocycles. The SMILES string of the molecule is Cl.ClC1CCC=C2OP=c3ccccc3=C21. The zero-order valence-electron chi connectivity index (χ0n) is 8.52. The minimum atomic E-state index is 0. The third kappa shape index (κ3) is 1.88. The van der Waals surface area contributed by atoms with Crippen LogP contribution >= 0.6 is 32.4 Å². The summed E-state index contributed by atoms with van der Waals surface area (Å²) in [6, 6.07) is 8.33. The Balaban J connectivity index is 0.000000963. The van der Waals surface area contributed by atoms with Crippen molar-refractivity contribution < 1.29 is 4.52 Å².